The number of hydrogen-bond donors (Lipinski definition) is 1. The zero-order chi connectivity index (χ0) is 26.7. The van der Waals surface area contributed by atoms with Gasteiger partial charge < -0.3 is 15.1 Å². The topological polar surface area (TPSA) is 92.5 Å². The molecule has 1 aliphatic heterocycles. The van der Waals surface area contributed by atoms with Gasteiger partial charge in [0.05, 0.1) is 11.1 Å². The molecule has 12 heteroatoms. The molecule has 1 aliphatic rings. The van der Waals surface area contributed by atoms with Crippen LogP contribution in [0.1, 0.15) is 32.3 Å². The van der Waals surface area contributed by atoms with Crippen molar-refractivity contribution in [3.05, 3.63) is 52.4 Å². The number of rotatable bonds is 7. The number of carbonyl (C=O) groups excluding carboxylic acids is 2. The van der Waals surface area contributed by atoms with Gasteiger partial charge in [-0.3, -0.25) is 18.7 Å². The number of hydrogen-bond acceptors (Lipinski definition) is 5. The predicted molar refractivity (Wildman–Crippen MR) is 133 cm³/mol. The highest BCUT2D eigenvalue weighted by Crippen LogP contribution is 2.32. The molecular weight excluding hydrogens is 489 g/mol. The summed E-state index contributed by atoms with van der Waals surface area (Å²) in [5.41, 5.74) is 0.779. The number of benzene rings is 1. The van der Waals surface area contributed by atoms with E-state index >= 15 is 0 Å². The molecule has 1 saturated heterocycles. The Morgan fingerprint density at radius 3 is 2.32 bits per heavy atom. The van der Waals surface area contributed by atoms with Crippen molar-refractivity contribution in [2.24, 2.45) is 0 Å². The van der Waals surface area contributed by atoms with E-state index in [0.29, 0.717) is 61.9 Å². The number of alkyl halides is 3. The third kappa shape index (κ3) is 5.62. The van der Waals surface area contributed by atoms with E-state index in [0.717, 1.165) is 12.1 Å². The van der Waals surface area contributed by atoms with E-state index < -0.39 is 11.7 Å². The van der Waals surface area contributed by atoms with Crippen molar-refractivity contribution in [3.63, 3.8) is 0 Å². The molecule has 0 radical (unpaired) electrons. The monoisotopic (exact) mass is 518 g/mol. The van der Waals surface area contributed by atoms with E-state index in [1.165, 1.54) is 10.6 Å². The van der Waals surface area contributed by atoms with Crippen LogP contribution in [0.25, 0.3) is 11.2 Å². The molecule has 9 nitrogen and oxygen atoms in total. The van der Waals surface area contributed by atoms with Gasteiger partial charge in [-0.2, -0.15) is 13.2 Å². The largest absolute Gasteiger partial charge is 0.416 e. The summed E-state index contributed by atoms with van der Waals surface area (Å²) in [6.07, 6.45) is -4.45. The number of carbonyl (C=O) groups is 2. The van der Waals surface area contributed by atoms with Gasteiger partial charge in [0.1, 0.15) is 5.82 Å². The second-order valence-electron chi connectivity index (χ2n) is 8.77. The molecule has 3 heterocycles. The Bertz CT molecular complexity index is 1360. The van der Waals surface area contributed by atoms with Crippen LogP contribution in [0.5, 0.6) is 0 Å². The van der Waals surface area contributed by atoms with Crippen LogP contribution in [-0.2, 0) is 28.9 Å². The first-order valence-corrected chi connectivity index (χ1v) is 12.2. The molecule has 2 amide bonds. The number of pyridine rings is 1. The smallest absolute Gasteiger partial charge is 0.368 e. The lowest BCUT2D eigenvalue weighted by Gasteiger charge is -2.36. The van der Waals surface area contributed by atoms with Gasteiger partial charge in [-0.05, 0) is 44.2 Å². The zero-order valence-electron chi connectivity index (χ0n) is 20.7. The van der Waals surface area contributed by atoms with Crippen LogP contribution in [0.2, 0.25) is 0 Å². The Labute approximate surface area is 211 Å². The van der Waals surface area contributed by atoms with Gasteiger partial charge in [0, 0.05) is 57.8 Å². The first-order valence-electron chi connectivity index (χ1n) is 12.2. The number of nitrogens with one attached hydrogen (secondary N) is 1. The van der Waals surface area contributed by atoms with Gasteiger partial charge >= 0.3 is 11.9 Å². The Hall–Kier alpha value is -3.83. The van der Waals surface area contributed by atoms with E-state index in [1.807, 2.05) is 18.7 Å². The highest BCUT2D eigenvalue weighted by molar-refractivity contribution is 5.93. The summed E-state index contributed by atoms with van der Waals surface area (Å²) in [6, 6.07) is 8.52. The van der Waals surface area contributed by atoms with Gasteiger partial charge in [-0.25, -0.2) is 9.78 Å². The molecule has 37 heavy (non-hydrogen) atoms. The SMILES string of the molecule is CCn1c(=O)n(CC)c2nc(NC(=O)CCC(=O)N3CCN(c4cccc(C(F)(F)F)c4)CC3)ccc21. The maximum absolute atomic E-state index is 13.0. The van der Waals surface area contributed by atoms with Crippen molar-refractivity contribution in [2.45, 2.75) is 46.0 Å². The van der Waals surface area contributed by atoms with Crippen LogP contribution >= 0.6 is 0 Å². The van der Waals surface area contributed by atoms with E-state index in [1.54, 1.807) is 27.7 Å². The van der Waals surface area contributed by atoms with Crippen molar-refractivity contribution in [2.75, 3.05) is 36.4 Å². The molecule has 2 aromatic heterocycles. The molecule has 4 rings (SSSR count). The number of aryl methyl sites for hydroxylation is 2. The van der Waals surface area contributed by atoms with Crippen LogP contribution in [-0.4, -0.2) is 57.0 Å². The van der Waals surface area contributed by atoms with Gasteiger partial charge in [0.25, 0.3) is 0 Å². The number of fused-ring (bicyclic) bond motifs is 1. The van der Waals surface area contributed by atoms with E-state index in [9.17, 15) is 27.6 Å². The fourth-order valence-electron chi connectivity index (χ4n) is 4.53. The average molecular weight is 519 g/mol. The minimum absolute atomic E-state index is 0.00349. The third-order valence-corrected chi connectivity index (χ3v) is 6.50. The fourth-order valence-corrected chi connectivity index (χ4v) is 4.53. The number of piperazine rings is 1. The molecule has 0 aliphatic carbocycles. The van der Waals surface area contributed by atoms with Crippen LogP contribution < -0.4 is 15.9 Å². The summed E-state index contributed by atoms with van der Waals surface area (Å²) in [6.45, 7) is 6.20. The predicted octanol–water partition coefficient (Wildman–Crippen LogP) is 3.32. The second-order valence-corrected chi connectivity index (χ2v) is 8.77. The molecule has 0 spiro atoms. The molecular formula is C25H29F3N6O3. The summed E-state index contributed by atoms with van der Waals surface area (Å²) >= 11 is 0. The van der Waals surface area contributed by atoms with Gasteiger partial charge in [-0.15, -0.1) is 0 Å². The Balaban J connectivity index is 1.30. The highest BCUT2D eigenvalue weighted by atomic mass is 19.4. The molecule has 0 atom stereocenters. The number of anilines is 2. The van der Waals surface area contributed by atoms with Crippen molar-refractivity contribution >= 4 is 34.5 Å². The summed E-state index contributed by atoms with van der Waals surface area (Å²) in [5, 5.41) is 2.69. The van der Waals surface area contributed by atoms with E-state index in [-0.39, 0.29) is 30.3 Å². The average Bonchev–Trinajstić information content (AvgIpc) is 3.16. The summed E-state index contributed by atoms with van der Waals surface area (Å²) in [4.78, 5) is 45.5. The summed E-state index contributed by atoms with van der Waals surface area (Å²) in [5.74, 6) is -0.264. The van der Waals surface area contributed by atoms with Gasteiger partial charge in [-0.1, -0.05) is 6.07 Å². The van der Waals surface area contributed by atoms with Crippen LogP contribution in [0, 0.1) is 0 Å². The fraction of sp³-hybridized carbons (Fsp3) is 0.440. The zero-order valence-corrected chi connectivity index (χ0v) is 20.7. The van der Waals surface area contributed by atoms with Crippen molar-refractivity contribution in [1.29, 1.82) is 0 Å². The lowest BCUT2D eigenvalue weighted by atomic mass is 10.1. The van der Waals surface area contributed by atoms with Crippen molar-refractivity contribution < 1.29 is 22.8 Å². The molecule has 198 valence electrons. The number of amides is 2. The lowest BCUT2D eigenvalue weighted by Crippen LogP contribution is -2.48. The number of imidazole rings is 1. The normalized spacial score (nSPS) is 14.3. The Morgan fingerprint density at radius 1 is 0.973 bits per heavy atom. The van der Waals surface area contributed by atoms with Crippen LogP contribution in [0.3, 0.4) is 0 Å². The molecule has 0 unspecified atom stereocenters. The first-order chi connectivity index (χ1) is 17.6. The Kier molecular flexibility index (Phi) is 7.55. The van der Waals surface area contributed by atoms with Crippen molar-refractivity contribution in [3.8, 4) is 0 Å². The van der Waals surface area contributed by atoms with Gasteiger partial charge in [0.2, 0.25) is 11.8 Å². The third-order valence-electron chi connectivity index (χ3n) is 6.50. The minimum atomic E-state index is -4.41. The molecule has 0 saturated carbocycles. The molecule has 0 bridgehead atoms. The summed E-state index contributed by atoms with van der Waals surface area (Å²) < 4.78 is 42.2. The first kappa shape index (κ1) is 26.2. The second kappa shape index (κ2) is 10.7. The van der Waals surface area contributed by atoms with Crippen LogP contribution in [0.4, 0.5) is 24.7 Å². The van der Waals surface area contributed by atoms with Gasteiger partial charge in [0.15, 0.2) is 5.65 Å². The van der Waals surface area contributed by atoms with Crippen molar-refractivity contribution in [1.82, 2.24) is 19.0 Å². The number of aromatic nitrogens is 3. The number of halogens is 3. The lowest BCUT2D eigenvalue weighted by molar-refractivity contribution is -0.137. The standard InChI is InChI=1S/C25H29F3N6O3/c1-3-33-19-8-9-20(30-23(19)34(4-2)24(33)37)29-21(35)10-11-22(36)32-14-12-31(13-15-32)18-7-5-6-17(16-18)25(26,27)28/h5-9,16H,3-4,10-15H2,1-2H3,(H,29,30,35). The maximum atomic E-state index is 13.0. The highest BCUT2D eigenvalue weighted by Gasteiger charge is 2.31. The number of nitrogens with zero attached hydrogens (tertiary/aromatic N) is 5. The quantitative estimate of drug-likeness (QED) is 0.518. The van der Waals surface area contributed by atoms with Crippen LogP contribution in [0.15, 0.2) is 41.2 Å². The minimum Gasteiger partial charge on any atom is -0.368 e. The molecule has 1 N–H and O–H groups in total. The Morgan fingerprint density at radius 2 is 1.68 bits per heavy atom. The van der Waals surface area contributed by atoms with E-state index in [4.69, 9.17) is 0 Å². The molecule has 3 aromatic rings. The van der Waals surface area contributed by atoms with E-state index in [2.05, 4.69) is 10.3 Å². The molecule has 1 fully saturated rings. The molecule has 1 aromatic carbocycles. The maximum Gasteiger partial charge on any atom is 0.416 e. The summed E-state index contributed by atoms with van der Waals surface area (Å²) in [7, 11) is 0.